The first-order valence-electron chi connectivity index (χ1n) is 14.5. The van der Waals surface area contributed by atoms with Crippen molar-refractivity contribution in [2.45, 2.75) is 57.0 Å². The molecule has 2 aromatic carbocycles. The molecule has 0 aliphatic rings. The molecule has 0 spiro atoms. The van der Waals surface area contributed by atoms with Crippen LogP contribution in [0.2, 0.25) is 5.15 Å². The van der Waals surface area contributed by atoms with E-state index in [9.17, 15) is 4.79 Å². The van der Waals surface area contributed by atoms with Crippen molar-refractivity contribution in [2.75, 3.05) is 52.3 Å². The number of anilines is 1. The first kappa shape index (κ1) is 33.5. The number of hydrogen-bond acceptors (Lipinski definition) is 8. The molecule has 1 aromatic heterocycles. The Bertz CT molecular complexity index is 1290. The second kappa shape index (κ2) is 17.2. The summed E-state index contributed by atoms with van der Waals surface area (Å²) in [5.41, 5.74) is 2.81. The largest absolute Gasteiger partial charge is 0.493 e. The first-order valence-corrected chi connectivity index (χ1v) is 15.8. The highest BCUT2D eigenvalue weighted by molar-refractivity contribution is 7.98. The zero-order valence-corrected chi connectivity index (χ0v) is 27.2. The van der Waals surface area contributed by atoms with E-state index < -0.39 is 0 Å². The minimum absolute atomic E-state index is 0.0467. The molecule has 1 atom stereocenters. The quantitative estimate of drug-likeness (QED) is 0.107. The molecule has 0 radical (unpaired) electrons. The summed E-state index contributed by atoms with van der Waals surface area (Å²) in [6, 6.07) is 15.6. The summed E-state index contributed by atoms with van der Waals surface area (Å²) < 4.78 is 10.8. The van der Waals surface area contributed by atoms with E-state index in [1.54, 1.807) is 20.3 Å². The molecule has 0 aliphatic heterocycles. The van der Waals surface area contributed by atoms with Crippen molar-refractivity contribution in [3.63, 3.8) is 0 Å². The molecule has 3 rings (SSSR count). The van der Waals surface area contributed by atoms with E-state index in [-0.39, 0.29) is 11.9 Å². The van der Waals surface area contributed by atoms with E-state index >= 15 is 0 Å². The van der Waals surface area contributed by atoms with Crippen molar-refractivity contribution in [3.05, 3.63) is 70.4 Å². The summed E-state index contributed by atoms with van der Waals surface area (Å²) in [5.74, 6) is 2.75. The maximum absolute atomic E-state index is 12.9. The molecule has 0 fully saturated rings. The van der Waals surface area contributed by atoms with Crippen molar-refractivity contribution in [3.8, 4) is 11.5 Å². The Morgan fingerprint density at radius 1 is 1.00 bits per heavy atom. The number of nitrogens with zero attached hydrogens (tertiary/aromatic N) is 4. The van der Waals surface area contributed by atoms with Gasteiger partial charge in [-0.2, -0.15) is 0 Å². The molecular weight excluding hydrogens is 570 g/mol. The average molecular weight is 614 g/mol. The topological polar surface area (TPSA) is 79.8 Å². The molecule has 0 saturated heterocycles. The van der Waals surface area contributed by atoms with Gasteiger partial charge in [-0.05, 0) is 81.2 Å². The van der Waals surface area contributed by atoms with E-state index in [1.165, 1.54) is 11.8 Å². The van der Waals surface area contributed by atoms with Crippen LogP contribution in [0.1, 0.15) is 55.1 Å². The highest BCUT2D eigenvalue weighted by Crippen LogP contribution is 2.28. The lowest BCUT2D eigenvalue weighted by atomic mass is 10.1. The summed E-state index contributed by atoms with van der Waals surface area (Å²) in [4.78, 5) is 26.5. The Morgan fingerprint density at radius 3 is 2.48 bits per heavy atom. The van der Waals surface area contributed by atoms with Gasteiger partial charge in [-0.15, -0.1) is 0 Å². The number of likely N-dealkylation sites (N-methyl/N-ethyl adjacent to an activating group) is 1. The fraction of sp³-hybridized carbons (Fsp3) is 0.469. The second-order valence-corrected chi connectivity index (χ2v) is 11.6. The smallest absolute Gasteiger partial charge is 0.251 e. The van der Waals surface area contributed by atoms with Gasteiger partial charge in [0.1, 0.15) is 11.0 Å². The number of thioether (sulfide) groups is 1. The predicted molar refractivity (Wildman–Crippen MR) is 174 cm³/mol. The lowest BCUT2D eigenvalue weighted by Crippen LogP contribution is -2.33. The van der Waals surface area contributed by atoms with E-state index in [4.69, 9.17) is 26.1 Å². The van der Waals surface area contributed by atoms with Crippen LogP contribution < -0.4 is 19.7 Å². The third kappa shape index (κ3) is 10.4. The Labute approximate surface area is 260 Å². The van der Waals surface area contributed by atoms with Gasteiger partial charge in [0.2, 0.25) is 0 Å². The van der Waals surface area contributed by atoms with Gasteiger partial charge in [-0.3, -0.25) is 4.79 Å². The maximum atomic E-state index is 12.9. The lowest BCUT2D eigenvalue weighted by molar-refractivity contribution is 0.0937. The van der Waals surface area contributed by atoms with Gasteiger partial charge in [0.25, 0.3) is 5.91 Å². The van der Waals surface area contributed by atoms with Gasteiger partial charge < -0.3 is 24.6 Å². The number of methoxy groups -OCH3 is 2. The van der Waals surface area contributed by atoms with Crippen LogP contribution >= 0.6 is 23.4 Å². The number of rotatable bonds is 17. The lowest BCUT2D eigenvalue weighted by Gasteiger charge is -2.20. The molecule has 1 unspecified atom stereocenters. The molecule has 1 heterocycles. The molecular formula is C32H44ClN5O3S. The van der Waals surface area contributed by atoms with Gasteiger partial charge in [-0.1, -0.05) is 55.4 Å². The van der Waals surface area contributed by atoms with E-state index in [0.29, 0.717) is 33.1 Å². The van der Waals surface area contributed by atoms with Crippen LogP contribution in [0.3, 0.4) is 0 Å². The van der Waals surface area contributed by atoms with Gasteiger partial charge in [-0.25, -0.2) is 9.97 Å². The second-order valence-electron chi connectivity index (χ2n) is 10.2. The number of benzene rings is 2. The zero-order chi connectivity index (χ0) is 30.5. The zero-order valence-electron chi connectivity index (χ0n) is 25.7. The van der Waals surface area contributed by atoms with Crippen LogP contribution in [-0.2, 0) is 12.2 Å². The third-order valence-corrected chi connectivity index (χ3v) is 8.29. The van der Waals surface area contributed by atoms with Gasteiger partial charge in [0, 0.05) is 37.0 Å². The number of nitrogens with one attached hydrogen (secondary N) is 1. The summed E-state index contributed by atoms with van der Waals surface area (Å²) >= 11 is 7.87. The molecule has 3 aromatic rings. The number of carbonyl (C=O) groups excluding carboxylic acids is 1. The molecule has 1 N–H and O–H groups in total. The number of hydrogen-bond donors (Lipinski definition) is 1. The fourth-order valence-corrected chi connectivity index (χ4v) is 5.61. The maximum Gasteiger partial charge on any atom is 0.251 e. The Balaban J connectivity index is 1.55. The Hall–Kier alpha value is -3.01. The van der Waals surface area contributed by atoms with Crippen LogP contribution in [-0.4, -0.2) is 74.3 Å². The minimum atomic E-state index is -0.0467. The number of amides is 1. The summed E-state index contributed by atoms with van der Waals surface area (Å²) in [6.07, 6.45) is 2.81. The normalized spacial score (nSPS) is 11.8. The van der Waals surface area contributed by atoms with Crippen molar-refractivity contribution in [1.82, 2.24) is 20.2 Å². The van der Waals surface area contributed by atoms with Crippen LogP contribution in [0, 0.1) is 0 Å². The van der Waals surface area contributed by atoms with Crippen molar-refractivity contribution in [2.24, 2.45) is 0 Å². The van der Waals surface area contributed by atoms with Gasteiger partial charge >= 0.3 is 0 Å². The van der Waals surface area contributed by atoms with Crippen LogP contribution in [0.5, 0.6) is 11.5 Å². The fourth-order valence-electron chi connectivity index (χ4n) is 4.58. The number of carbonyl (C=O) groups is 1. The molecule has 8 nitrogen and oxygen atoms in total. The summed E-state index contributed by atoms with van der Waals surface area (Å²) in [7, 11) is 5.25. The number of halogens is 1. The minimum Gasteiger partial charge on any atom is -0.493 e. The molecule has 0 bridgehead atoms. The highest BCUT2D eigenvalue weighted by Gasteiger charge is 2.13. The monoisotopic (exact) mass is 613 g/mol. The standard InChI is InChI=1S/C32H44ClN5O3S/c1-7-38(8-2)17-10-11-23(3)34-31(39)26-13-9-12-25(19-26)22-42-32-35-29(33)21-30(36-32)37(4)18-16-24-14-15-27(40-5)28(20-24)41-6/h9,12-15,19-21,23H,7-8,10-11,16-18,22H2,1-6H3,(H,34,39). The van der Waals surface area contributed by atoms with Crippen molar-refractivity contribution in [1.29, 1.82) is 0 Å². The first-order chi connectivity index (χ1) is 20.3. The molecule has 0 aliphatic carbocycles. The van der Waals surface area contributed by atoms with E-state index in [1.807, 2.05) is 49.5 Å². The molecule has 0 saturated carbocycles. The van der Waals surface area contributed by atoms with Crippen molar-refractivity contribution >= 4 is 35.1 Å². The van der Waals surface area contributed by atoms with Crippen LogP contribution in [0.15, 0.2) is 53.7 Å². The molecule has 42 heavy (non-hydrogen) atoms. The summed E-state index contributed by atoms with van der Waals surface area (Å²) in [5, 5.41) is 4.13. The van der Waals surface area contributed by atoms with Gasteiger partial charge in [0.05, 0.1) is 14.2 Å². The van der Waals surface area contributed by atoms with Gasteiger partial charge in [0.15, 0.2) is 16.7 Å². The molecule has 228 valence electrons. The summed E-state index contributed by atoms with van der Waals surface area (Å²) in [6.45, 7) is 10.3. The third-order valence-electron chi connectivity index (χ3n) is 7.18. The Kier molecular flexibility index (Phi) is 13.7. The highest BCUT2D eigenvalue weighted by atomic mass is 35.5. The number of aromatic nitrogens is 2. The van der Waals surface area contributed by atoms with E-state index in [0.717, 1.165) is 62.4 Å². The van der Waals surface area contributed by atoms with Crippen molar-refractivity contribution < 1.29 is 14.3 Å². The predicted octanol–water partition coefficient (Wildman–Crippen LogP) is 6.36. The molecule has 10 heteroatoms. The number of ether oxygens (including phenoxy) is 2. The van der Waals surface area contributed by atoms with Crippen LogP contribution in [0.4, 0.5) is 5.82 Å². The Morgan fingerprint density at radius 2 is 1.76 bits per heavy atom. The average Bonchev–Trinajstić information content (AvgIpc) is 3.00. The van der Waals surface area contributed by atoms with Crippen LogP contribution in [0.25, 0.3) is 0 Å². The molecule has 1 amide bonds. The SMILES string of the molecule is CCN(CC)CCCC(C)NC(=O)c1cccc(CSc2nc(Cl)cc(N(C)CCc3ccc(OC)c(OC)c3)n2)c1. The van der Waals surface area contributed by atoms with E-state index in [2.05, 4.69) is 40.9 Å².